The molecule has 0 radical (unpaired) electrons. The van der Waals surface area contributed by atoms with Gasteiger partial charge in [-0.2, -0.15) is 0 Å². The van der Waals surface area contributed by atoms with Crippen molar-refractivity contribution in [3.63, 3.8) is 0 Å². The number of benzene rings is 1. The second kappa shape index (κ2) is 6.98. The minimum atomic E-state index is -2.75. The number of methoxy groups -OCH3 is 2. The molecule has 0 aliphatic heterocycles. The highest BCUT2D eigenvalue weighted by Gasteiger charge is 2.40. The molecule has 0 heterocycles. The minimum absolute atomic E-state index is 0.372. The van der Waals surface area contributed by atoms with E-state index >= 15 is 0 Å². The summed E-state index contributed by atoms with van der Waals surface area (Å²) in [5.41, 5.74) is 0.926. The Morgan fingerprint density at radius 3 is 1.56 bits per heavy atom. The van der Waals surface area contributed by atoms with Crippen molar-refractivity contribution in [3.05, 3.63) is 29.8 Å². The second-order valence-corrected chi connectivity index (χ2v) is 6.51. The molecule has 0 aliphatic carbocycles. The van der Waals surface area contributed by atoms with Gasteiger partial charge in [-0.25, -0.2) is 0 Å². The van der Waals surface area contributed by atoms with Gasteiger partial charge < -0.3 is 22.8 Å². The maximum Gasteiger partial charge on any atom is 0.536 e. The predicted molar refractivity (Wildman–Crippen MR) is 69.6 cm³/mol. The van der Waals surface area contributed by atoms with Crippen molar-refractivity contribution in [2.75, 3.05) is 35.5 Å². The molecule has 102 valence electrons. The second-order valence-electron chi connectivity index (χ2n) is 3.59. The summed E-state index contributed by atoms with van der Waals surface area (Å²) < 4.78 is 26.6. The first-order valence-corrected chi connectivity index (χ1v) is 7.21. The van der Waals surface area contributed by atoms with Crippen LogP contribution in [-0.4, -0.2) is 44.4 Å². The molecule has 0 amide bonds. The molecular weight excluding hydrogens is 252 g/mol. The van der Waals surface area contributed by atoms with Crippen LogP contribution in [0.3, 0.4) is 0 Å². The van der Waals surface area contributed by atoms with E-state index in [0.717, 1.165) is 10.8 Å². The highest BCUT2D eigenvalue weighted by atomic mass is 28.4. The Hall–Kier alpha value is -0.763. The van der Waals surface area contributed by atoms with Gasteiger partial charge in [0.05, 0.1) is 0 Å². The molecule has 0 atom stereocenters. The zero-order valence-electron chi connectivity index (χ0n) is 11.4. The molecule has 0 bridgehead atoms. The lowest BCUT2D eigenvalue weighted by Crippen LogP contribution is -2.54. The van der Waals surface area contributed by atoms with Crippen LogP contribution in [0.5, 0.6) is 0 Å². The Labute approximate surface area is 109 Å². The summed E-state index contributed by atoms with van der Waals surface area (Å²) in [6.45, 7) is 0. The van der Waals surface area contributed by atoms with E-state index in [1.54, 1.807) is 35.5 Å². The summed E-state index contributed by atoms with van der Waals surface area (Å²) in [4.78, 5) is 0. The van der Waals surface area contributed by atoms with Crippen LogP contribution in [-0.2, 0) is 22.8 Å². The third-order valence-corrected chi connectivity index (χ3v) is 5.42. The fraction of sp³-hybridized carbons (Fsp3) is 0.500. The van der Waals surface area contributed by atoms with Gasteiger partial charge in [-0.1, -0.05) is 24.3 Å². The average Bonchev–Trinajstić information content (AvgIpc) is 2.44. The molecule has 0 saturated carbocycles. The molecular formula is C12H20O5Si. The van der Waals surface area contributed by atoms with Crippen molar-refractivity contribution >= 4 is 14.0 Å². The molecule has 0 unspecified atom stereocenters. The minimum Gasteiger partial charge on any atom is -0.373 e. The molecule has 18 heavy (non-hydrogen) atoms. The summed E-state index contributed by atoms with van der Waals surface area (Å²) in [5.74, 6) is 0. The number of rotatable bonds is 7. The fourth-order valence-corrected chi connectivity index (χ4v) is 3.60. The summed E-state index contributed by atoms with van der Waals surface area (Å²) in [6, 6.07) is 7.63. The van der Waals surface area contributed by atoms with Crippen molar-refractivity contribution in [1.82, 2.24) is 0 Å². The molecule has 0 fully saturated rings. The highest BCUT2D eigenvalue weighted by molar-refractivity contribution is 6.75. The van der Waals surface area contributed by atoms with Crippen LogP contribution in [0.15, 0.2) is 24.3 Å². The van der Waals surface area contributed by atoms with Crippen LogP contribution in [0, 0.1) is 0 Å². The van der Waals surface area contributed by atoms with Gasteiger partial charge in [0.2, 0.25) is 0 Å². The van der Waals surface area contributed by atoms with Crippen molar-refractivity contribution in [1.29, 1.82) is 0 Å². The number of ether oxygens (including phenoxy) is 2. The monoisotopic (exact) mass is 272 g/mol. The third-order valence-electron chi connectivity index (χ3n) is 2.77. The first kappa shape index (κ1) is 15.3. The Morgan fingerprint density at radius 1 is 0.778 bits per heavy atom. The lowest BCUT2D eigenvalue weighted by molar-refractivity contribution is -0.106. The van der Waals surface area contributed by atoms with Gasteiger partial charge in [0, 0.05) is 46.3 Å². The molecule has 0 aliphatic rings. The predicted octanol–water partition coefficient (Wildman–Crippen LogP) is 1.06. The van der Waals surface area contributed by atoms with E-state index in [1.807, 2.05) is 24.3 Å². The van der Waals surface area contributed by atoms with Gasteiger partial charge in [0.1, 0.15) is 0 Å². The number of hydrogen-bond donors (Lipinski definition) is 0. The number of hydrogen-bond acceptors (Lipinski definition) is 5. The summed E-state index contributed by atoms with van der Waals surface area (Å²) >= 11 is 0. The molecule has 5 nitrogen and oxygen atoms in total. The van der Waals surface area contributed by atoms with Gasteiger partial charge >= 0.3 is 8.80 Å². The van der Waals surface area contributed by atoms with E-state index in [-0.39, 0.29) is 6.29 Å². The normalized spacial score (nSPS) is 12.1. The fourth-order valence-electron chi connectivity index (χ4n) is 1.82. The quantitative estimate of drug-likeness (QED) is 0.549. The van der Waals surface area contributed by atoms with Gasteiger partial charge in [-0.3, -0.25) is 0 Å². The van der Waals surface area contributed by atoms with Crippen LogP contribution in [0.2, 0.25) is 0 Å². The summed E-state index contributed by atoms with van der Waals surface area (Å²) in [7, 11) is 5.19. The van der Waals surface area contributed by atoms with Crippen LogP contribution in [0.4, 0.5) is 0 Å². The Bertz CT molecular complexity index is 338. The van der Waals surface area contributed by atoms with Crippen molar-refractivity contribution in [2.45, 2.75) is 6.29 Å². The molecule has 1 aromatic rings. The van der Waals surface area contributed by atoms with Crippen molar-refractivity contribution in [2.24, 2.45) is 0 Å². The standard InChI is InChI=1S/C12H20O5Si/c1-13-12(14-2)10-6-8-11(9-7-10)18(15-3,16-4)17-5/h6-9,12H,1-5H3. The van der Waals surface area contributed by atoms with E-state index in [0.29, 0.717) is 0 Å². The molecule has 0 aromatic heterocycles. The lowest BCUT2D eigenvalue weighted by Gasteiger charge is -2.25. The van der Waals surface area contributed by atoms with Gasteiger partial charge in [-0.15, -0.1) is 0 Å². The van der Waals surface area contributed by atoms with Crippen LogP contribution in [0.1, 0.15) is 11.9 Å². The molecule has 0 spiro atoms. The van der Waals surface area contributed by atoms with E-state index < -0.39 is 8.80 Å². The van der Waals surface area contributed by atoms with Crippen LogP contribution >= 0.6 is 0 Å². The molecule has 0 N–H and O–H groups in total. The van der Waals surface area contributed by atoms with Crippen molar-refractivity contribution < 1.29 is 22.8 Å². The molecule has 1 aromatic carbocycles. The maximum atomic E-state index is 5.41. The smallest absolute Gasteiger partial charge is 0.373 e. The van der Waals surface area contributed by atoms with Gasteiger partial charge in [0.25, 0.3) is 0 Å². The van der Waals surface area contributed by atoms with E-state index in [2.05, 4.69) is 0 Å². The zero-order valence-corrected chi connectivity index (χ0v) is 12.4. The van der Waals surface area contributed by atoms with Gasteiger partial charge in [0.15, 0.2) is 6.29 Å². The summed E-state index contributed by atoms with van der Waals surface area (Å²) in [6.07, 6.45) is -0.372. The van der Waals surface area contributed by atoms with E-state index in [4.69, 9.17) is 22.8 Å². The van der Waals surface area contributed by atoms with Gasteiger partial charge in [-0.05, 0) is 0 Å². The lowest BCUT2D eigenvalue weighted by atomic mass is 10.2. The zero-order chi connectivity index (χ0) is 13.6. The first-order valence-electron chi connectivity index (χ1n) is 5.49. The molecule has 6 heteroatoms. The van der Waals surface area contributed by atoms with E-state index in [1.165, 1.54) is 0 Å². The third kappa shape index (κ3) is 2.97. The topological polar surface area (TPSA) is 46.2 Å². The first-order chi connectivity index (χ1) is 8.67. The van der Waals surface area contributed by atoms with Crippen LogP contribution in [0.25, 0.3) is 0 Å². The SMILES string of the molecule is COC(OC)c1ccc([Si](OC)(OC)OC)cc1. The van der Waals surface area contributed by atoms with Crippen molar-refractivity contribution in [3.8, 4) is 0 Å². The summed E-state index contributed by atoms with van der Waals surface area (Å²) in [5, 5.41) is 0.893. The Balaban J connectivity index is 3.00. The Kier molecular flexibility index (Phi) is 5.93. The average molecular weight is 272 g/mol. The molecule has 0 saturated heterocycles. The maximum absolute atomic E-state index is 5.41. The largest absolute Gasteiger partial charge is 0.536 e. The Morgan fingerprint density at radius 2 is 1.22 bits per heavy atom. The van der Waals surface area contributed by atoms with Crippen LogP contribution < -0.4 is 5.19 Å². The molecule has 1 rings (SSSR count). The highest BCUT2D eigenvalue weighted by Crippen LogP contribution is 2.17. The van der Waals surface area contributed by atoms with E-state index in [9.17, 15) is 0 Å².